The Morgan fingerprint density at radius 1 is 0.679 bits per heavy atom. The van der Waals surface area contributed by atoms with E-state index in [1.165, 1.54) is 5.56 Å². The molecule has 0 saturated carbocycles. The highest BCUT2D eigenvalue weighted by Gasteiger charge is 2.33. The maximum Gasteiger partial charge on any atom is 0.119 e. The molecule has 1 aliphatic carbocycles. The van der Waals surface area contributed by atoms with E-state index in [-0.39, 0.29) is 5.92 Å². The summed E-state index contributed by atoms with van der Waals surface area (Å²) in [5.41, 5.74) is 5.49. The smallest absolute Gasteiger partial charge is 0.119 e. The number of benzene rings is 3. The van der Waals surface area contributed by atoms with Crippen LogP contribution in [0.4, 0.5) is 0 Å². The fourth-order valence-corrected chi connectivity index (χ4v) is 4.12. The van der Waals surface area contributed by atoms with Crippen LogP contribution in [0, 0.1) is 0 Å². The van der Waals surface area contributed by atoms with Crippen LogP contribution in [-0.2, 0) is 0 Å². The average molecular weight is 393 g/mol. The first-order valence-electron chi connectivity index (χ1n) is 9.02. The molecule has 0 fully saturated rings. The molecule has 1 aliphatic rings. The number of fused-ring (bicyclic) bond motifs is 1. The van der Waals surface area contributed by atoms with Crippen LogP contribution in [0.3, 0.4) is 0 Å². The Balaban J connectivity index is 1.89. The zero-order valence-electron chi connectivity index (χ0n) is 16.0. The number of hydrogen-bond acceptors (Lipinski definition) is 3. The number of methoxy groups -OCH3 is 3. The van der Waals surface area contributed by atoms with E-state index in [9.17, 15) is 0 Å². The summed E-state index contributed by atoms with van der Waals surface area (Å²) in [6, 6.07) is 22.3. The average Bonchev–Trinajstić information content (AvgIpc) is 3.05. The van der Waals surface area contributed by atoms with E-state index >= 15 is 0 Å². The standard InChI is InChI=1S/C24H21ClO3/c1-26-17-8-4-15(5-9-17)22-20-13-12-19(28-3)14-21(20)24(25)23(22)16-6-10-18(27-2)11-7-16/h4-14,22H,1-3H3. The maximum atomic E-state index is 6.92. The SMILES string of the molecule is COc1ccc(C2=C(Cl)c3cc(OC)ccc3C2c2ccc(OC)cc2)cc1. The third-order valence-corrected chi connectivity index (χ3v) is 5.59. The third-order valence-electron chi connectivity index (χ3n) is 5.18. The number of hydrogen-bond donors (Lipinski definition) is 0. The fraction of sp³-hybridized carbons (Fsp3) is 0.167. The van der Waals surface area contributed by atoms with Gasteiger partial charge in [0.15, 0.2) is 0 Å². The molecule has 0 spiro atoms. The Labute approximate surface area is 170 Å². The van der Waals surface area contributed by atoms with E-state index < -0.39 is 0 Å². The zero-order chi connectivity index (χ0) is 19.7. The highest BCUT2D eigenvalue weighted by molar-refractivity contribution is 6.54. The Morgan fingerprint density at radius 3 is 1.79 bits per heavy atom. The lowest BCUT2D eigenvalue weighted by atomic mass is 9.85. The molecular weight excluding hydrogens is 372 g/mol. The Morgan fingerprint density at radius 2 is 1.21 bits per heavy atom. The summed E-state index contributed by atoms with van der Waals surface area (Å²) in [5, 5.41) is 0.750. The Hall–Kier alpha value is -2.91. The predicted molar refractivity (Wildman–Crippen MR) is 113 cm³/mol. The van der Waals surface area contributed by atoms with Gasteiger partial charge in [0.05, 0.1) is 26.4 Å². The van der Waals surface area contributed by atoms with E-state index in [1.54, 1.807) is 21.3 Å². The molecule has 0 saturated heterocycles. The second-order valence-electron chi connectivity index (χ2n) is 6.62. The van der Waals surface area contributed by atoms with Crippen LogP contribution in [0.1, 0.15) is 28.2 Å². The van der Waals surface area contributed by atoms with Crippen LogP contribution in [0.2, 0.25) is 0 Å². The molecule has 4 heteroatoms. The van der Waals surface area contributed by atoms with Gasteiger partial charge < -0.3 is 14.2 Å². The molecule has 1 atom stereocenters. The zero-order valence-corrected chi connectivity index (χ0v) is 16.8. The summed E-state index contributed by atoms with van der Waals surface area (Å²) < 4.78 is 16.0. The summed E-state index contributed by atoms with van der Waals surface area (Å²) in [5.74, 6) is 2.48. The van der Waals surface area contributed by atoms with Gasteiger partial charge in [-0.1, -0.05) is 41.9 Å². The second kappa shape index (κ2) is 7.61. The molecule has 3 nitrogen and oxygen atoms in total. The number of rotatable bonds is 5. The van der Waals surface area contributed by atoms with Crippen molar-refractivity contribution in [1.29, 1.82) is 0 Å². The monoisotopic (exact) mass is 392 g/mol. The molecule has 0 radical (unpaired) electrons. The van der Waals surface area contributed by atoms with Crippen molar-refractivity contribution >= 4 is 22.2 Å². The lowest BCUT2D eigenvalue weighted by molar-refractivity contribution is 0.414. The lowest BCUT2D eigenvalue weighted by Gasteiger charge is -2.18. The van der Waals surface area contributed by atoms with Gasteiger partial charge in [0.1, 0.15) is 17.2 Å². The molecule has 3 aromatic rings. The van der Waals surface area contributed by atoms with Crippen molar-refractivity contribution in [1.82, 2.24) is 0 Å². The third kappa shape index (κ3) is 3.12. The first kappa shape index (κ1) is 18.5. The molecule has 1 unspecified atom stereocenters. The highest BCUT2D eigenvalue weighted by Crippen LogP contribution is 2.52. The van der Waals surface area contributed by atoms with Gasteiger partial charge in [0.2, 0.25) is 0 Å². The topological polar surface area (TPSA) is 27.7 Å². The molecule has 0 aromatic heterocycles. The van der Waals surface area contributed by atoms with Gasteiger partial charge in [-0.25, -0.2) is 0 Å². The molecule has 0 N–H and O–H groups in total. The summed E-state index contributed by atoms with van der Waals surface area (Å²) in [6.45, 7) is 0. The van der Waals surface area contributed by atoms with E-state index in [0.29, 0.717) is 0 Å². The lowest BCUT2D eigenvalue weighted by Crippen LogP contribution is -2.01. The minimum absolute atomic E-state index is 0.0349. The minimum Gasteiger partial charge on any atom is -0.497 e. The van der Waals surface area contributed by atoms with Crippen LogP contribution in [0.5, 0.6) is 17.2 Å². The largest absolute Gasteiger partial charge is 0.497 e. The first-order valence-corrected chi connectivity index (χ1v) is 9.40. The quantitative estimate of drug-likeness (QED) is 0.535. The summed E-state index contributed by atoms with van der Waals surface area (Å²) >= 11 is 6.92. The van der Waals surface area contributed by atoms with Crippen molar-refractivity contribution in [3.8, 4) is 17.2 Å². The van der Waals surface area contributed by atoms with Gasteiger partial charge in [-0.05, 0) is 58.7 Å². The van der Waals surface area contributed by atoms with E-state index in [0.717, 1.165) is 44.5 Å². The van der Waals surface area contributed by atoms with Crippen LogP contribution in [0.25, 0.3) is 10.6 Å². The van der Waals surface area contributed by atoms with Crippen molar-refractivity contribution in [3.05, 3.63) is 89.0 Å². The molecule has 142 valence electrons. The van der Waals surface area contributed by atoms with Gasteiger partial charge in [0, 0.05) is 11.5 Å². The van der Waals surface area contributed by atoms with E-state index in [4.69, 9.17) is 25.8 Å². The van der Waals surface area contributed by atoms with Crippen LogP contribution < -0.4 is 14.2 Å². The van der Waals surface area contributed by atoms with Gasteiger partial charge in [-0.3, -0.25) is 0 Å². The fourth-order valence-electron chi connectivity index (χ4n) is 3.74. The van der Waals surface area contributed by atoms with Crippen molar-refractivity contribution in [3.63, 3.8) is 0 Å². The first-order chi connectivity index (χ1) is 13.7. The van der Waals surface area contributed by atoms with Crippen molar-refractivity contribution in [2.24, 2.45) is 0 Å². The second-order valence-corrected chi connectivity index (χ2v) is 6.99. The summed E-state index contributed by atoms with van der Waals surface area (Å²) in [6.07, 6.45) is 0. The van der Waals surface area contributed by atoms with Crippen LogP contribution in [0.15, 0.2) is 66.7 Å². The minimum atomic E-state index is 0.0349. The van der Waals surface area contributed by atoms with Gasteiger partial charge in [-0.2, -0.15) is 0 Å². The molecular formula is C24H21ClO3. The molecule has 0 amide bonds. The number of ether oxygens (including phenoxy) is 3. The predicted octanol–water partition coefficient (Wildman–Crippen LogP) is 5.97. The summed E-state index contributed by atoms with van der Waals surface area (Å²) in [7, 11) is 5.00. The van der Waals surface area contributed by atoms with E-state index in [1.807, 2.05) is 36.4 Å². The molecule has 28 heavy (non-hydrogen) atoms. The van der Waals surface area contributed by atoms with E-state index in [2.05, 4.69) is 30.3 Å². The molecule has 0 heterocycles. The Bertz CT molecular complexity index is 1020. The highest BCUT2D eigenvalue weighted by atomic mass is 35.5. The van der Waals surface area contributed by atoms with Crippen molar-refractivity contribution in [2.45, 2.75) is 5.92 Å². The number of allylic oxidation sites excluding steroid dienone is 1. The molecule has 0 aliphatic heterocycles. The number of halogens is 1. The van der Waals surface area contributed by atoms with Gasteiger partial charge in [-0.15, -0.1) is 0 Å². The molecule has 3 aromatic carbocycles. The van der Waals surface area contributed by atoms with Crippen molar-refractivity contribution < 1.29 is 14.2 Å². The van der Waals surface area contributed by atoms with Crippen LogP contribution in [-0.4, -0.2) is 21.3 Å². The maximum absolute atomic E-state index is 6.92. The van der Waals surface area contributed by atoms with Crippen molar-refractivity contribution in [2.75, 3.05) is 21.3 Å². The Kier molecular flexibility index (Phi) is 5.01. The van der Waals surface area contributed by atoms with Gasteiger partial charge in [0.25, 0.3) is 0 Å². The normalized spacial score (nSPS) is 15.4. The van der Waals surface area contributed by atoms with Gasteiger partial charge >= 0.3 is 0 Å². The van der Waals surface area contributed by atoms with Crippen LogP contribution >= 0.6 is 11.6 Å². The summed E-state index contributed by atoms with van der Waals surface area (Å²) in [4.78, 5) is 0. The molecule has 4 rings (SSSR count). The molecule has 0 bridgehead atoms.